The van der Waals surface area contributed by atoms with Crippen LogP contribution in [0.3, 0.4) is 0 Å². The average molecular weight is 241 g/mol. The summed E-state index contributed by atoms with van der Waals surface area (Å²) < 4.78 is 5.27. The van der Waals surface area contributed by atoms with Gasteiger partial charge < -0.3 is 10.1 Å². The minimum Gasteiger partial charge on any atom is -0.387 e. The van der Waals surface area contributed by atoms with Crippen molar-refractivity contribution in [3.8, 4) is 0 Å². The molecule has 2 nitrogen and oxygen atoms in total. The third-order valence-corrected chi connectivity index (χ3v) is 2.81. The molecule has 0 atom stereocenters. The Labute approximate surface area is 108 Å². The first-order valence-electron chi connectivity index (χ1n) is 7.16. The second kappa shape index (κ2) is 12.0. The van der Waals surface area contributed by atoms with Gasteiger partial charge in [0, 0.05) is 18.8 Å². The number of rotatable bonds is 12. The first kappa shape index (κ1) is 16.5. The average Bonchev–Trinajstić information content (AvgIpc) is 2.29. The maximum atomic E-state index is 5.27. The molecule has 0 saturated heterocycles. The lowest BCUT2D eigenvalue weighted by Gasteiger charge is -2.09. The van der Waals surface area contributed by atoms with Crippen molar-refractivity contribution in [2.75, 3.05) is 19.8 Å². The van der Waals surface area contributed by atoms with Gasteiger partial charge in [0.1, 0.15) is 0 Å². The maximum absolute atomic E-state index is 5.27. The number of hydrogen-bond donors (Lipinski definition) is 1. The first-order chi connectivity index (χ1) is 8.16. The summed E-state index contributed by atoms with van der Waals surface area (Å²) in [5.74, 6) is 0.860. The lowest BCUT2D eigenvalue weighted by Crippen LogP contribution is -2.17. The molecule has 0 aliphatic rings. The summed E-state index contributed by atoms with van der Waals surface area (Å²) in [4.78, 5) is 0. The van der Waals surface area contributed by atoms with E-state index in [9.17, 15) is 0 Å². The van der Waals surface area contributed by atoms with E-state index < -0.39 is 0 Å². The SMILES string of the molecule is C=C(COCC)NCCCCCCCC(C)C. The van der Waals surface area contributed by atoms with Gasteiger partial charge in [-0.25, -0.2) is 0 Å². The highest BCUT2D eigenvalue weighted by molar-refractivity contribution is 4.90. The molecule has 0 unspecified atom stereocenters. The zero-order chi connectivity index (χ0) is 12.9. The van der Waals surface area contributed by atoms with E-state index in [1.165, 1.54) is 38.5 Å². The van der Waals surface area contributed by atoms with Gasteiger partial charge in [-0.2, -0.15) is 0 Å². The van der Waals surface area contributed by atoms with Crippen molar-refractivity contribution in [2.45, 2.75) is 59.3 Å². The third-order valence-electron chi connectivity index (χ3n) is 2.81. The quantitative estimate of drug-likeness (QED) is 0.519. The summed E-state index contributed by atoms with van der Waals surface area (Å²) >= 11 is 0. The van der Waals surface area contributed by atoms with Crippen LogP contribution in [-0.4, -0.2) is 19.8 Å². The van der Waals surface area contributed by atoms with Gasteiger partial charge in [0.25, 0.3) is 0 Å². The normalized spacial score (nSPS) is 10.8. The van der Waals surface area contributed by atoms with Crippen molar-refractivity contribution in [3.05, 3.63) is 12.3 Å². The Morgan fingerprint density at radius 2 is 1.76 bits per heavy atom. The van der Waals surface area contributed by atoms with E-state index >= 15 is 0 Å². The van der Waals surface area contributed by atoms with Crippen molar-refractivity contribution in [3.63, 3.8) is 0 Å². The first-order valence-corrected chi connectivity index (χ1v) is 7.16. The van der Waals surface area contributed by atoms with Gasteiger partial charge in [-0.05, 0) is 19.3 Å². The fourth-order valence-electron chi connectivity index (χ4n) is 1.75. The summed E-state index contributed by atoms with van der Waals surface area (Å²) in [5.41, 5.74) is 1.01. The molecule has 17 heavy (non-hydrogen) atoms. The molecule has 0 bridgehead atoms. The molecule has 0 aliphatic heterocycles. The molecule has 0 heterocycles. The predicted molar refractivity (Wildman–Crippen MR) is 76.2 cm³/mol. The van der Waals surface area contributed by atoms with Gasteiger partial charge in [0.05, 0.1) is 6.61 Å². The van der Waals surface area contributed by atoms with Crippen molar-refractivity contribution in [1.29, 1.82) is 0 Å². The highest BCUT2D eigenvalue weighted by Crippen LogP contribution is 2.10. The molecule has 0 aliphatic carbocycles. The molecular formula is C15H31NO. The summed E-state index contributed by atoms with van der Waals surface area (Å²) in [6.07, 6.45) is 8.09. The van der Waals surface area contributed by atoms with Crippen LogP contribution in [0.4, 0.5) is 0 Å². The van der Waals surface area contributed by atoms with Crippen LogP contribution < -0.4 is 5.32 Å². The van der Waals surface area contributed by atoms with E-state index in [4.69, 9.17) is 4.74 Å². The van der Waals surface area contributed by atoms with Gasteiger partial charge in [-0.1, -0.05) is 52.5 Å². The fraction of sp³-hybridized carbons (Fsp3) is 0.867. The van der Waals surface area contributed by atoms with Crippen molar-refractivity contribution in [2.24, 2.45) is 5.92 Å². The summed E-state index contributed by atoms with van der Waals surface area (Å²) in [6.45, 7) is 13.0. The Morgan fingerprint density at radius 3 is 2.41 bits per heavy atom. The number of ether oxygens (including phenoxy) is 1. The molecule has 0 rings (SSSR count). The Balaban J connectivity index is 3.10. The standard InChI is InChI=1S/C15H31NO/c1-5-17-13-15(4)16-12-10-8-6-7-9-11-14(2)3/h14,16H,4-13H2,1-3H3. The Bertz CT molecular complexity index is 178. The highest BCUT2D eigenvalue weighted by atomic mass is 16.5. The smallest absolute Gasteiger partial charge is 0.0856 e. The largest absolute Gasteiger partial charge is 0.387 e. The van der Waals surface area contributed by atoms with E-state index in [1.807, 2.05) is 6.92 Å². The predicted octanol–water partition coefficient (Wildman–Crippen LogP) is 4.12. The maximum Gasteiger partial charge on any atom is 0.0856 e. The van der Waals surface area contributed by atoms with E-state index in [0.717, 1.165) is 24.8 Å². The van der Waals surface area contributed by atoms with Crippen molar-refractivity contribution < 1.29 is 4.74 Å². The fourth-order valence-corrected chi connectivity index (χ4v) is 1.75. The van der Waals surface area contributed by atoms with E-state index in [1.54, 1.807) is 0 Å². The summed E-state index contributed by atoms with van der Waals surface area (Å²) in [6, 6.07) is 0. The Kier molecular flexibility index (Phi) is 11.6. The highest BCUT2D eigenvalue weighted by Gasteiger charge is 1.95. The molecule has 102 valence electrons. The topological polar surface area (TPSA) is 21.3 Å². The molecule has 0 spiro atoms. The summed E-state index contributed by atoms with van der Waals surface area (Å²) in [5, 5.41) is 3.31. The lowest BCUT2D eigenvalue weighted by molar-refractivity contribution is 0.166. The molecule has 0 aromatic rings. The third kappa shape index (κ3) is 13.4. The minimum absolute atomic E-state index is 0.644. The monoisotopic (exact) mass is 241 g/mol. The molecule has 0 aromatic carbocycles. The molecule has 0 radical (unpaired) electrons. The van der Waals surface area contributed by atoms with E-state index in [0.29, 0.717) is 6.61 Å². The molecule has 1 N–H and O–H groups in total. The van der Waals surface area contributed by atoms with Gasteiger partial charge in [0.15, 0.2) is 0 Å². The zero-order valence-electron chi connectivity index (χ0n) is 12.1. The second-order valence-corrected chi connectivity index (χ2v) is 5.12. The van der Waals surface area contributed by atoms with Crippen LogP contribution in [0.15, 0.2) is 12.3 Å². The van der Waals surface area contributed by atoms with Crippen LogP contribution in [0.5, 0.6) is 0 Å². The second-order valence-electron chi connectivity index (χ2n) is 5.12. The van der Waals surface area contributed by atoms with Crippen LogP contribution in [0, 0.1) is 5.92 Å². The molecule has 0 saturated carbocycles. The van der Waals surface area contributed by atoms with E-state index in [2.05, 4.69) is 25.7 Å². The molecular weight excluding hydrogens is 210 g/mol. The zero-order valence-corrected chi connectivity index (χ0v) is 12.1. The van der Waals surface area contributed by atoms with Crippen molar-refractivity contribution in [1.82, 2.24) is 5.32 Å². The van der Waals surface area contributed by atoms with Crippen LogP contribution >= 0.6 is 0 Å². The molecule has 0 aromatic heterocycles. The van der Waals surface area contributed by atoms with Crippen LogP contribution in [-0.2, 0) is 4.74 Å². The van der Waals surface area contributed by atoms with Crippen LogP contribution in [0.2, 0.25) is 0 Å². The summed E-state index contributed by atoms with van der Waals surface area (Å²) in [7, 11) is 0. The Morgan fingerprint density at radius 1 is 1.12 bits per heavy atom. The molecule has 0 fully saturated rings. The number of unbranched alkanes of at least 4 members (excludes halogenated alkanes) is 4. The van der Waals surface area contributed by atoms with Gasteiger partial charge >= 0.3 is 0 Å². The number of nitrogens with one attached hydrogen (secondary N) is 1. The van der Waals surface area contributed by atoms with Gasteiger partial charge in [-0.15, -0.1) is 0 Å². The van der Waals surface area contributed by atoms with Gasteiger partial charge in [0.2, 0.25) is 0 Å². The Hall–Kier alpha value is -0.500. The van der Waals surface area contributed by atoms with E-state index in [-0.39, 0.29) is 0 Å². The molecule has 0 amide bonds. The van der Waals surface area contributed by atoms with Crippen LogP contribution in [0.25, 0.3) is 0 Å². The molecule has 2 heteroatoms. The van der Waals surface area contributed by atoms with Gasteiger partial charge in [-0.3, -0.25) is 0 Å². The van der Waals surface area contributed by atoms with Crippen LogP contribution in [0.1, 0.15) is 59.3 Å². The lowest BCUT2D eigenvalue weighted by atomic mass is 10.0. The van der Waals surface area contributed by atoms with Crippen molar-refractivity contribution >= 4 is 0 Å². The number of hydrogen-bond acceptors (Lipinski definition) is 2. The minimum atomic E-state index is 0.644.